The average molecular weight is 252 g/mol. The number of hydrogen-bond donors (Lipinski definition) is 2. The SMILES string of the molecule is CC1(C)CCCC(NC(=O)CC2CCNCC2)C1. The number of hydrogen-bond acceptors (Lipinski definition) is 2. The minimum atomic E-state index is 0.282. The molecule has 1 saturated heterocycles. The summed E-state index contributed by atoms with van der Waals surface area (Å²) in [7, 11) is 0. The van der Waals surface area contributed by atoms with E-state index in [1.807, 2.05) is 0 Å². The largest absolute Gasteiger partial charge is 0.353 e. The second-order valence-corrected chi connectivity index (χ2v) is 6.92. The molecule has 1 amide bonds. The van der Waals surface area contributed by atoms with Crippen molar-refractivity contribution in [1.29, 1.82) is 0 Å². The summed E-state index contributed by atoms with van der Waals surface area (Å²) in [6, 6.07) is 0.419. The van der Waals surface area contributed by atoms with E-state index in [-0.39, 0.29) is 5.91 Å². The summed E-state index contributed by atoms with van der Waals surface area (Å²) in [4.78, 5) is 12.1. The van der Waals surface area contributed by atoms with Crippen LogP contribution in [-0.4, -0.2) is 25.0 Å². The van der Waals surface area contributed by atoms with Gasteiger partial charge in [0.15, 0.2) is 0 Å². The van der Waals surface area contributed by atoms with Gasteiger partial charge in [-0.2, -0.15) is 0 Å². The molecule has 0 aromatic heterocycles. The first-order chi connectivity index (χ1) is 8.55. The van der Waals surface area contributed by atoms with Crippen LogP contribution in [0.2, 0.25) is 0 Å². The van der Waals surface area contributed by atoms with Crippen molar-refractivity contribution in [3.8, 4) is 0 Å². The molecule has 1 unspecified atom stereocenters. The Hall–Kier alpha value is -0.570. The molecule has 1 aliphatic heterocycles. The first-order valence-corrected chi connectivity index (χ1v) is 7.55. The standard InChI is InChI=1S/C15H28N2O/c1-15(2)7-3-4-13(11-15)17-14(18)10-12-5-8-16-9-6-12/h12-13,16H,3-11H2,1-2H3,(H,17,18). The summed E-state index contributed by atoms with van der Waals surface area (Å²) < 4.78 is 0. The summed E-state index contributed by atoms with van der Waals surface area (Å²) >= 11 is 0. The normalized spacial score (nSPS) is 28.9. The van der Waals surface area contributed by atoms with Crippen LogP contribution < -0.4 is 10.6 Å². The Labute approximate surface area is 111 Å². The van der Waals surface area contributed by atoms with Crippen LogP contribution in [0.3, 0.4) is 0 Å². The second kappa shape index (κ2) is 6.05. The number of amides is 1. The second-order valence-electron chi connectivity index (χ2n) is 6.92. The predicted molar refractivity (Wildman–Crippen MR) is 74.4 cm³/mol. The van der Waals surface area contributed by atoms with Crippen molar-refractivity contribution in [2.24, 2.45) is 11.3 Å². The van der Waals surface area contributed by atoms with Gasteiger partial charge >= 0.3 is 0 Å². The average Bonchev–Trinajstić information content (AvgIpc) is 2.28. The third-order valence-electron chi connectivity index (χ3n) is 4.50. The van der Waals surface area contributed by atoms with Gasteiger partial charge in [-0.25, -0.2) is 0 Å². The zero-order chi connectivity index (χ0) is 13.0. The van der Waals surface area contributed by atoms with Crippen LogP contribution in [0.1, 0.15) is 58.8 Å². The van der Waals surface area contributed by atoms with Gasteiger partial charge in [0.05, 0.1) is 0 Å². The van der Waals surface area contributed by atoms with Crippen LogP contribution in [0, 0.1) is 11.3 Å². The van der Waals surface area contributed by atoms with Gasteiger partial charge in [-0.1, -0.05) is 20.3 Å². The van der Waals surface area contributed by atoms with E-state index in [0.717, 1.165) is 38.8 Å². The summed E-state index contributed by atoms with van der Waals surface area (Å²) in [6.07, 6.45) is 7.91. The van der Waals surface area contributed by atoms with Crippen LogP contribution in [0.25, 0.3) is 0 Å². The Morgan fingerprint density at radius 3 is 2.67 bits per heavy atom. The molecular formula is C15H28N2O. The minimum Gasteiger partial charge on any atom is -0.353 e. The lowest BCUT2D eigenvalue weighted by atomic mass is 9.75. The van der Waals surface area contributed by atoms with Crippen molar-refractivity contribution in [3.63, 3.8) is 0 Å². The summed E-state index contributed by atoms with van der Waals surface area (Å²) in [5.41, 5.74) is 0.408. The van der Waals surface area contributed by atoms with Gasteiger partial charge in [-0.05, 0) is 56.5 Å². The van der Waals surface area contributed by atoms with Gasteiger partial charge in [0.1, 0.15) is 0 Å². The zero-order valence-electron chi connectivity index (χ0n) is 11.9. The Balaban J connectivity index is 1.73. The van der Waals surface area contributed by atoms with Crippen molar-refractivity contribution in [3.05, 3.63) is 0 Å². The maximum absolute atomic E-state index is 12.1. The molecule has 104 valence electrons. The fourth-order valence-corrected chi connectivity index (χ4v) is 3.46. The molecule has 1 saturated carbocycles. The van der Waals surface area contributed by atoms with Crippen LogP contribution in [0.5, 0.6) is 0 Å². The van der Waals surface area contributed by atoms with E-state index in [0.29, 0.717) is 17.4 Å². The molecule has 2 N–H and O–H groups in total. The third kappa shape index (κ3) is 4.27. The molecule has 2 aliphatic rings. The van der Waals surface area contributed by atoms with Crippen LogP contribution in [0.15, 0.2) is 0 Å². The van der Waals surface area contributed by atoms with Gasteiger partial charge in [0.2, 0.25) is 5.91 Å². The number of nitrogens with one attached hydrogen (secondary N) is 2. The quantitative estimate of drug-likeness (QED) is 0.810. The molecule has 0 aromatic rings. The molecule has 1 aliphatic carbocycles. The maximum atomic E-state index is 12.1. The summed E-state index contributed by atoms with van der Waals surface area (Å²) in [6.45, 7) is 6.79. The highest BCUT2D eigenvalue weighted by Crippen LogP contribution is 2.35. The Bertz CT molecular complexity index is 282. The maximum Gasteiger partial charge on any atom is 0.220 e. The fraction of sp³-hybridized carbons (Fsp3) is 0.933. The van der Waals surface area contributed by atoms with E-state index in [4.69, 9.17) is 0 Å². The van der Waals surface area contributed by atoms with E-state index < -0.39 is 0 Å². The van der Waals surface area contributed by atoms with Gasteiger partial charge < -0.3 is 10.6 Å². The topological polar surface area (TPSA) is 41.1 Å². The number of rotatable bonds is 3. The molecule has 0 aromatic carbocycles. The molecule has 3 nitrogen and oxygen atoms in total. The van der Waals surface area contributed by atoms with Crippen LogP contribution in [0.4, 0.5) is 0 Å². The molecule has 0 spiro atoms. The first-order valence-electron chi connectivity index (χ1n) is 7.55. The molecule has 3 heteroatoms. The number of carbonyl (C=O) groups excluding carboxylic acids is 1. The lowest BCUT2D eigenvalue weighted by molar-refractivity contribution is -0.123. The molecule has 2 rings (SSSR count). The third-order valence-corrected chi connectivity index (χ3v) is 4.50. The van der Waals surface area contributed by atoms with E-state index in [2.05, 4.69) is 24.5 Å². The van der Waals surface area contributed by atoms with E-state index in [9.17, 15) is 4.79 Å². The summed E-state index contributed by atoms with van der Waals surface area (Å²) in [5.74, 6) is 0.882. The molecule has 2 fully saturated rings. The van der Waals surface area contributed by atoms with E-state index >= 15 is 0 Å². The van der Waals surface area contributed by atoms with Crippen LogP contribution in [-0.2, 0) is 4.79 Å². The van der Waals surface area contributed by atoms with Crippen molar-refractivity contribution in [1.82, 2.24) is 10.6 Å². The molecule has 18 heavy (non-hydrogen) atoms. The Kier molecular flexibility index (Phi) is 4.66. The van der Waals surface area contributed by atoms with Crippen molar-refractivity contribution >= 4 is 5.91 Å². The number of carbonyl (C=O) groups is 1. The van der Waals surface area contributed by atoms with Crippen molar-refractivity contribution in [2.45, 2.75) is 64.8 Å². The smallest absolute Gasteiger partial charge is 0.220 e. The van der Waals surface area contributed by atoms with Crippen LogP contribution >= 0.6 is 0 Å². The van der Waals surface area contributed by atoms with Gasteiger partial charge in [-0.3, -0.25) is 4.79 Å². The lowest BCUT2D eigenvalue weighted by Crippen LogP contribution is -2.41. The highest BCUT2D eigenvalue weighted by atomic mass is 16.1. The molecule has 1 heterocycles. The highest BCUT2D eigenvalue weighted by Gasteiger charge is 2.29. The van der Waals surface area contributed by atoms with Gasteiger partial charge in [0.25, 0.3) is 0 Å². The Morgan fingerprint density at radius 1 is 1.28 bits per heavy atom. The van der Waals surface area contributed by atoms with Crippen molar-refractivity contribution in [2.75, 3.05) is 13.1 Å². The molecule has 1 atom stereocenters. The lowest BCUT2D eigenvalue weighted by Gasteiger charge is -2.35. The zero-order valence-corrected chi connectivity index (χ0v) is 11.9. The summed E-state index contributed by atoms with van der Waals surface area (Å²) in [5, 5.41) is 6.61. The molecule has 0 radical (unpaired) electrons. The highest BCUT2D eigenvalue weighted by molar-refractivity contribution is 5.76. The predicted octanol–water partition coefficient (Wildman–Crippen LogP) is 2.46. The first kappa shape index (κ1) is 13.9. The van der Waals surface area contributed by atoms with E-state index in [1.165, 1.54) is 19.3 Å². The number of piperidine rings is 1. The van der Waals surface area contributed by atoms with Crippen molar-refractivity contribution < 1.29 is 4.79 Å². The minimum absolute atomic E-state index is 0.282. The molecular weight excluding hydrogens is 224 g/mol. The van der Waals surface area contributed by atoms with Gasteiger partial charge in [0, 0.05) is 12.5 Å². The van der Waals surface area contributed by atoms with Gasteiger partial charge in [-0.15, -0.1) is 0 Å². The fourth-order valence-electron chi connectivity index (χ4n) is 3.46. The Morgan fingerprint density at radius 2 is 2.00 bits per heavy atom. The molecule has 0 bridgehead atoms. The monoisotopic (exact) mass is 252 g/mol. The van der Waals surface area contributed by atoms with E-state index in [1.54, 1.807) is 0 Å².